The summed E-state index contributed by atoms with van der Waals surface area (Å²) in [6, 6.07) is 0. The summed E-state index contributed by atoms with van der Waals surface area (Å²) >= 11 is 0. The van der Waals surface area contributed by atoms with Gasteiger partial charge in [0.2, 0.25) is 0 Å². The van der Waals surface area contributed by atoms with E-state index in [0.29, 0.717) is 6.42 Å². The molecule has 82 valence electrons. The molecule has 0 aliphatic heterocycles. The Balaban J connectivity index is 3.75. The number of carbonyl (C=O) groups excluding carboxylic acids is 1. The number of rotatable bonds is 6. The third-order valence-electron chi connectivity index (χ3n) is 1.87. The molecular formula is C10H18O4. The molecule has 14 heavy (non-hydrogen) atoms. The summed E-state index contributed by atoms with van der Waals surface area (Å²) in [5.74, 6) is -0.627. The maximum Gasteiger partial charge on any atom is 0.348 e. The lowest BCUT2D eigenvalue weighted by molar-refractivity contribution is -0.511. The lowest BCUT2D eigenvalue weighted by Crippen LogP contribution is -2.23. The van der Waals surface area contributed by atoms with Gasteiger partial charge in [0.1, 0.15) is 5.60 Å². The zero-order valence-electron chi connectivity index (χ0n) is 9.20. The zero-order valence-corrected chi connectivity index (χ0v) is 9.20. The van der Waals surface area contributed by atoms with Crippen LogP contribution in [0.15, 0.2) is 12.7 Å². The lowest BCUT2D eigenvalue weighted by Gasteiger charge is -2.17. The topological polar surface area (TPSA) is 44.8 Å². The Kier molecular flexibility index (Phi) is 5.42. The van der Waals surface area contributed by atoms with Gasteiger partial charge < -0.3 is 0 Å². The van der Waals surface area contributed by atoms with E-state index >= 15 is 0 Å². The van der Waals surface area contributed by atoms with Gasteiger partial charge in [-0.15, -0.1) is 6.58 Å². The van der Waals surface area contributed by atoms with Crippen molar-refractivity contribution in [3.05, 3.63) is 12.7 Å². The largest absolute Gasteiger partial charge is 0.348 e. The number of hydrogen-bond donors (Lipinski definition) is 0. The van der Waals surface area contributed by atoms with Gasteiger partial charge in [-0.25, -0.2) is 4.79 Å². The van der Waals surface area contributed by atoms with Crippen molar-refractivity contribution < 1.29 is 19.6 Å². The quantitative estimate of drug-likeness (QED) is 0.377. The van der Waals surface area contributed by atoms with Gasteiger partial charge in [-0.1, -0.05) is 19.9 Å². The van der Waals surface area contributed by atoms with Gasteiger partial charge in [-0.3, -0.25) is 4.89 Å². The number of hydrogen-bond acceptors (Lipinski definition) is 4. The third kappa shape index (κ3) is 4.99. The van der Waals surface area contributed by atoms with E-state index in [1.54, 1.807) is 26.8 Å². The summed E-state index contributed by atoms with van der Waals surface area (Å²) < 4.78 is 0. The van der Waals surface area contributed by atoms with Gasteiger partial charge in [-0.05, 0) is 25.3 Å². The Labute approximate surface area is 84.7 Å². The second-order valence-electron chi connectivity index (χ2n) is 3.67. The van der Waals surface area contributed by atoms with E-state index in [0.717, 1.165) is 0 Å². The molecule has 0 saturated carbocycles. The lowest BCUT2D eigenvalue weighted by atomic mass is 10.1. The predicted octanol–water partition coefficient (Wildman–Crippen LogP) is 2.40. The van der Waals surface area contributed by atoms with Crippen molar-refractivity contribution in [3.63, 3.8) is 0 Å². The molecule has 0 aromatic carbocycles. The molecule has 0 aromatic heterocycles. The van der Waals surface area contributed by atoms with Gasteiger partial charge in [0, 0.05) is 0 Å². The Hall–Kier alpha value is -0.870. The van der Waals surface area contributed by atoms with E-state index in [2.05, 4.69) is 16.5 Å². The average Bonchev–Trinajstić information content (AvgIpc) is 2.16. The molecule has 0 spiro atoms. The highest BCUT2D eigenvalue weighted by Crippen LogP contribution is 2.11. The fourth-order valence-electron chi connectivity index (χ4n) is 0.421. The average molecular weight is 202 g/mol. The highest BCUT2D eigenvalue weighted by molar-refractivity contribution is 5.71. The van der Waals surface area contributed by atoms with Crippen LogP contribution >= 0.6 is 0 Å². The smallest absolute Gasteiger partial charge is 0.269 e. The van der Waals surface area contributed by atoms with E-state index in [4.69, 9.17) is 4.89 Å². The van der Waals surface area contributed by atoms with Crippen molar-refractivity contribution >= 4 is 5.97 Å². The van der Waals surface area contributed by atoms with Crippen LogP contribution in [-0.4, -0.2) is 11.6 Å². The molecular weight excluding hydrogens is 184 g/mol. The second-order valence-corrected chi connectivity index (χ2v) is 3.67. The highest BCUT2D eigenvalue weighted by atomic mass is 17.5. The maximum absolute atomic E-state index is 11.1. The predicted molar refractivity (Wildman–Crippen MR) is 52.0 cm³/mol. The highest BCUT2D eigenvalue weighted by Gasteiger charge is 2.18. The molecule has 0 saturated heterocycles. The summed E-state index contributed by atoms with van der Waals surface area (Å²) in [6.07, 6.45) is 2.25. The van der Waals surface area contributed by atoms with E-state index in [-0.39, 0.29) is 5.92 Å². The van der Waals surface area contributed by atoms with Gasteiger partial charge >= 0.3 is 5.97 Å². The fourth-order valence-corrected chi connectivity index (χ4v) is 0.421. The van der Waals surface area contributed by atoms with Crippen molar-refractivity contribution in [1.29, 1.82) is 0 Å². The molecule has 0 aromatic rings. The normalized spacial score (nSPS) is 13.4. The third-order valence-corrected chi connectivity index (χ3v) is 1.87. The first-order valence-electron chi connectivity index (χ1n) is 4.62. The van der Waals surface area contributed by atoms with Crippen LogP contribution in [0.2, 0.25) is 0 Å². The Morgan fingerprint density at radius 2 is 2.14 bits per heavy atom. The minimum atomic E-state index is -0.671. The van der Waals surface area contributed by atoms with E-state index in [1.807, 2.05) is 6.92 Å². The molecule has 0 heterocycles. The minimum absolute atomic E-state index is 0.189. The summed E-state index contributed by atoms with van der Waals surface area (Å²) in [7, 11) is 0. The molecule has 0 radical (unpaired) electrons. The number of carbonyl (C=O) groups is 1. The maximum atomic E-state index is 11.1. The molecule has 0 N–H and O–H groups in total. The van der Waals surface area contributed by atoms with Crippen LogP contribution in [-0.2, 0) is 19.6 Å². The van der Waals surface area contributed by atoms with Gasteiger partial charge in [0.25, 0.3) is 0 Å². The monoisotopic (exact) mass is 202 g/mol. The standard InChI is InChI=1S/C10H18O4/c1-6-8(3)9(11)12-14-13-10(4,5)7-2/h7-8H,2,6H2,1,3-5H3. The van der Waals surface area contributed by atoms with E-state index < -0.39 is 11.6 Å². The van der Waals surface area contributed by atoms with Crippen LogP contribution in [0.4, 0.5) is 0 Å². The molecule has 1 atom stereocenters. The summed E-state index contributed by atoms with van der Waals surface area (Å²) in [5.41, 5.74) is -0.671. The van der Waals surface area contributed by atoms with Crippen LogP contribution in [0.3, 0.4) is 0 Å². The SMILES string of the molecule is C=CC(C)(C)OOOC(=O)C(C)CC. The summed E-state index contributed by atoms with van der Waals surface area (Å²) in [5, 5.41) is 4.35. The first kappa shape index (κ1) is 13.1. The van der Waals surface area contributed by atoms with Gasteiger partial charge in [0.05, 0.1) is 5.92 Å². The molecule has 0 aliphatic carbocycles. The first-order valence-corrected chi connectivity index (χ1v) is 4.62. The van der Waals surface area contributed by atoms with Crippen molar-refractivity contribution in [2.45, 2.75) is 39.7 Å². The summed E-state index contributed by atoms with van der Waals surface area (Å²) in [4.78, 5) is 20.3. The van der Waals surface area contributed by atoms with Crippen molar-refractivity contribution in [3.8, 4) is 0 Å². The first-order chi connectivity index (χ1) is 6.43. The molecule has 0 rings (SSSR count). The van der Waals surface area contributed by atoms with Gasteiger partial charge in [0.15, 0.2) is 0 Å². The van der Waals surface area contributed by atoms with E-state index in [1.165, 1.54) is 0 Å². The molecule has 0 bridgehead atoms. The summed E-state index contributed by atoms with van der Waals surface area (Å²) in [6.45, 7) is 10.6. The van der Waals surface area contributed by atoms with Crippen molar-refractivity contribution in [1.82, 2.24) is 0 Å². The van der Waals surface area contributed by atoms with E-state index in [9.17, 15) is 4.79 Å². The molecule has 4 nitrogen and oxygen atoms in total. The molecule has 0 aliphatic rings. The molecule has 1 unspecified atom stereocenters. The molecule has 4 heteroatoms. The van der Waals surface area contributed by atoms with Crippen molar-refractivity contribution in [2.24, 2.45) is 5.92 Å². The van der Waals surface area contributed by atoms with Crippen molar-refractivity contribution in [2.75, 3.05) is 0 Å². The Bertz CT molecular complexity index is 198. The fraction of sp³-hybridized carbons (Fsp3) is 0.700. The second kappa shape index (κ2) is 5.78. The molecule has 0 fully saturated rings. The Morgan fingerprint density at radius 3 is 2.57 bits per heavy atom. The van der Waals surface area contributed by atoms with Crippen LogP contribution in [0.25, 0.3) is 0 Å². The van der Waals surface area contributed by atoms with Crippen LogP contribution in [0.5, 0.6) is 0 Å². The minimum Gasteiger partial charge on any atom is -0.269 e. The Morgan fingerprint density at radius 1 is 1.57 bits per heavy atom. The zero-order chi connectivity index (χ0) is 11.2. The van der Waals surface area contributed by atoms with Gasteiger partial charge in [-0.2, -0.15) is 4.89 Å². The molecule has 0 amide bonds. The van der Waals surface area contributed by atoms with Crippen LogP contribution < -0.4 is 0 Å². The van der Waals surface area contributed by atoms with Crippen LogP contribution in [0.1, 0.15) is 34.1 Å². The van der Waals surface area contributed by atoms with Crippen LogP contribution in [0, 0.1) is 5.92 Å².